The van der Waals surface area contributed by atoms with Gasteiger partial charge in [0.05, 0.1) is 10.6 Å². The number of unbranched alkanes of at least 4 members (excludes halogenated alkanes) is 3. The van der Waals surface area contributed by atoms with Gasteiger partial charge in [0.1, 0.15) is 11.6 Å². The molecule has 0 saturated carbocycles. The van der Waals surface area contributed by atoms with Crippen LogP contribution in [-0.4, -0.2) is 16.9 Å². The van der Waals surface area contributed by atoms with Crippen LogP contribution < -0.4 is 4.90 Å². The summed E-state index contributed by atoms with van der Waals surface area (Å²) < 4.78 is 13.5. The van der Waals surface area contributed by atoms with E-state index in [4.69, 9.17) is 0 Å². The van der Waals surface area contributed by atoms with Gasteiger partial charge in [0.25, 0.3) is 0 Å². The molecule has 0 saturated heterocycles. The molecule has 0 aliphatic carbocycles. The molecule has 2 heterocycles. The van der Waals surface area contributed by atoms with Crippen molar-refractivity contribution in [3.05, 3.63) is 42.3 Å². The maximum Gasteiger partial charge on any atom is 0.147 e. The lowest BCUT2D eigenvalue weighted by Crippen LogP contribution is -2.23. The van der Waals surface area contributed by atoms with Gasteiger partial charge in [-0.05, 0) is 43.2 Å². The minimum Gasteiger partial charge on any atom is -0.324 e. The number of halogens is 2. The summed E-state index contributed by atoms with van der Waals surface area (Å²) in [4.78, 5) is 8.84. The average molecular weight is 381 g/mol. The Labute approximate surface area is 143 Å². The third-order valence-electron chi connectivity index (χ3n) is 3.70. The predicted molar refractivity (Wildman–Crippen MR) is 94.0 cm³/mol. The summed E-state index contributed by atoms with van der Waals surface area (Å²) in [7, 11) is 0. The van der Waals surface area contributed by atoms with Crippen LogP contribution in [-0.2, 0) is 0 Å². The summed E-state index contributed by atoms with van der Waals surface area (Å²) >= 11 is 5.07. The van der Waals surface area contributed by atoms with E-state index < -0.39 is 0 Å². The second kappa shape index (κ2) is 7.47. The van der Waals surface area contributed by atoms with E-state index in [0.717, 1.165) is 39.6 Å². The Bertz CT molecular complexity index is 650. The summed E-state index contributed by atoms with van der Waals surface area (Å²) in [5.74, 6) is 0.808. The highest BCUT2D eigenvalue weighted by Gasteiger charge is 2.24. The maximum absolute atomic E-state index is 13.5. The Hall–Kier alpha value is -1.07. The van der Waals surface area contributed by atoms with E-state index in [1.807, 2.05) is 18.3 Å². The predicted octanol–water partition coefficient (Wildman–Crippen LogP) is 5.78. The van der Waals surface area contributed by atoms with Crippen LogP contribution in [0.3, 0.4) is 0 Å². The van der Waals surface area contributed by atoms with E-state index in [-0.39, 0.29) is 5.82 Å². The highest BCUT2D eigenvalue weighted by atomic mass is 79.9. The first kappa shape index (κ1) is 15.8. The molecule has 0 N–H and O–H groups in total. The molecule has 0 spiro atoms. The van der Waals surface area contributed by atoms with E-state index in [1.54, 1.807) is 17.8 Å². The van der Waals surface area contributed by atoms with E-state index >= 15 is 0 Å². The molecule has 2 aromatic rings. The Kier molecular flexibility index (Phi) is 5.37. The molecule has 0 fully saturated rings. The number of hydrogen-bond acceptors (Lipinski definition) is 3. The van der Waals surface area contributed by atoms with Gasteiger partial charge in [-0.3, -0.25) is 0 Å². The van der Waals surface area contributed by atoms with Gasteiger partial charge >= 0.3 is 0 Å². The minimum atomic E-state index is -0.184. The van der Waals surface area contributed by atoms with Gasteiger partial charge in [0.2, 0.25) is 0 Å². The van der Waals surface area contributed by atoms with Crippen LogP contribution in [0.15, 0.2) is 46.3 Å². The molecule has 5 heteroatoms. The molecule has 1 aliphatic rings. The zero-order valence-electron chi connectivity index (χ0n) is 12.3. The van der Waals surface area contributed by atoms with Crippen molar-refractivity contribution in [1.82, 2.24) is 4.98 Å². The Balaban J connectivity index is 1.81. The average Bonchev–Trinajstić information content (AvgIpc) is 2.53. The molecule has 116 valence electrons. The largest absolute Gasteiger partial charge is 0.324 e. The van der Waals surface area contributed by atoms with Gasteiger partial charge in [-0.15, -0.1) is 0 Å². The fraction of sp³-hybridized carbons (Fsp3) is 0.353. The monoisotopic (exact) mass is 380 g/mol. The standard InChI is InChI=1S/C17H18BrFN2S/c18-9-3-1-2-4-11-21-14-8-7-13(19)12-16(14)22-15-6-5-10-20-17(15)21/h5-8,10,12H,1-4,9,11H2. The van der Waals surface area contributed by atoms with Crippen molar-refractivity contribution in [1.29, 1.82) is 0 Å². The van der Waals surface area contributed by atoms with Crippen LogP contribution in [0.1, 0.15) is 25.7 Å². The topological polar surface area (TPSA) is 16.1 Å². The van der Waals surface area contributed by atoms with Gasteiger partial charge in [-0.25, -0.2) is 9.37 Å². The molecule has 0 radical (unpaired) electrons. The molecule has 0 unspecified atom stereocenters. The summed E-state index contributed by atoms with van der Waals surface area (Å²) in [6.07, 6.45) is 6.59. The second-order valence-electron chi connectivity index (χ2n) is 5.29. The van der Waals surface area contributed by atoms with Crippen molar-refractivity contribution in [3.8, 4) is 0 Å². The van der Waals surface area contributed by atoms with Gasteiger partial charge in [-0.2, -0.15) is 0 Å². The van der Waals surface area contributed by atoms with E-state index in [2.05, 4.69) is 31.9 Å². The summed E-state index contributed by atoms with van der Waals surface area (Å²) in [5, 5.41) is 1.07. The van der Waals surface area contributed by atoms with E-state index in [0.29, 0.717) is 0 Å². The lowest BCUT2D eigenvalue weighted by Gasteiger charge is -2.31. The van der Waals surface area contributed by atoms with E-state index in [9.17, 15) is 4.39 Å². The van der Waals surface area contributed by atoms with Crippen molar-refractivity contribution in [2.75, 3.05) is 16.8 Å². The zero-order valence-corrected chi connectivity index (χ0v) is 14.7. The smallest absolute Gasteiger partial charge is 0.147 e. The molecule has 3 rings (SSSR count). The number of benzene rings is 1. The number of rotatable bonds is 6. The van der Waals surface area contributed by atoms with Crippen molar-refractivity contribution >= 4 is 39.2 Å². The Morgan fingerprint density at radius 1 is 1.09 bits per heavy atom. The van der Waals surface area contributed by atoms with Crippen LogP contribution in [0.25, 0.3) is 0 Å². The maximum atomic E-state index is 13.5. The molecule has 1 aromatic heterocycles. The highest BCUT2D eigenvalue weighted by Crippen LogP contribution is 2.47. The lowest BCUT2D eigenvalue weighted by atomic mass is 10.2. The SMILES string of the molecule is Fc1ccc2c(c1)Sc1cccnc1N2CCCCCCBr. The summed E-state index contributed by atoms with van der Waals surface area (Å²) in [6.45, 7) is 0.922. The molecule has 0 bridgehead atoms. The van der Waals surface area contributed by atoms with Crippen LogP contribution in [0, 0.1) is 5.82 Å². The number of pyridine rings is 1. The second-order valence-corrected chi connectivity index (χ2v) is 7.17. The van der Waals surface area contributed by atoms with Gasteiger partial charge in [0.15, 0.2) is 0 Å². The normalized spacial score (nSPS) is 12.9. The zero-order chi connectivity index (χ0) is 15.4. The summed E-state index contributed by atoms with van der Waals surface area (Å²) in [5.41, 5.74) is 1.07. The van der Waals surface area contributed by atoms with Gasteiger partial charge < -0.3 is 4.90 Å². The van der Waals surface area contributed by atoms with Crippen molar-refractivity contribution in [3.63, 3.8) is 0 Å². The molecular weight excluding hydrogens is 363 g/mol. The fourth-order valence-electron chi connectivity index (χ4n) is 2.63. The first-order valence-electron chi connectivity index (χ1n) is 7.55. The molecule has 22 heavy (non-hydrogen) atoms. The van der Waals surface area contributed by atoms with Crippen molar-refractivity contribution < 1.29 is 4.39 Å². The number of anilines is 2. The molecule has 2 nitrogen and oxygen atoms in total. The summed E-state index contributed by atoms with van der Waals surface area (Å²) in [6, 6.07) is 9.01. The number of nitrogens with zero attached hydrogens (tertiary/aromatic N) is 2. The van der Waals surface area contributed by atoms with Gasteiger partial charge in [-0.1, -0.05) is 40.5 Å². The molecule has 1 aliphatic heterocycles. The first-order valence-corrected chi connectivity index (χ1v) is 9.49. The Morgan fingerprint density at radius 2 is 1.95 bits per heavy atom. The molecule has 0 amide bonds. The van der Waals surface area contributed by atoms with Crippen LogP contribution in [0.5, 0.6) is 0 Å². The van der Waals surface area contributed by atoms with E-state index in [1.165, 1.54) is 25.3 Å². The highest BCUT2D eigenvalue weighted by molar-refractivity contribution is 9.09. The van der Waals surface area contributed by atoms with Crippen LogP contribution in [0.4, 0.5) is 15.9 Å². The number of hydrogen-bond donors (Lipinski definition) is 0. The third-order valence-corrected chi connectivity index (χ3v) is 5.35. The number of fused-ring (bicyclic) bond motifs is 2. The third kappa shape index (κ3) is 3.46. The van der Waals surface area contributed by atoms with Gasteiger partial charge in [0, 0.05) is 23.0 Å². The lowest BCUT2D eigenvalue weighted by molar-refractivity contribution is 0.622. The van der Waals surface area contributed by atoms with Crippen LogP contribution >= 0.6 is 27.7 Å². The van der Waals surface area contributed by atoms with Crippen molar-refractivity contribution in [2.24, 2.45) is 0 Å². The molecule has 1 aromatic carbocycles. The Morgan fingerprint density at radius 3 is 2.82 bits per heavy atom. The minimum absolute atomic E-state index is 0.184. The fourth-order valence-corrected chi connectivity index (χ4v) is 4.12. The van der Waals surface area contributed by atoms with Crippen molar-refractivity contribution in [2.45, 2.75) is 35.5 Å². The molecule has 0 atom stereocenters. The number of alkyl halides is 1. The first-order chi connectivity index (χ1) is 10.8. The molecular formula is C17H18BrFN2S. The quantitative estimate of drug-likeness (QED) is 0.466. The van der Waals surface area contributed by atoms with Crippen LogP contribution in [0.2, 0.25) is 0 Å². The number of aromatic nitrogens is 1.